The summed E-state index contributed by atoms with van der Waals surface area (Å²) >= 11 is 5.84. The van der Waals surface area contributed by atoms with E-state index in [0.717, 1.165) is 6.07 Å². The Labute approximate surface area is 115 Å². The molecule has 0 saturated heterocycles. The smallest absolute Gasteiger partial charge is 0.303 e. The lowest BCUT2D eigenvalue weighted by molar-refractivity contribution is -0.138. The van der Waals surface area contributed by atoms with Crippen molar-refractivity contribution < 1.29 is 19.1 Å². The van der Waals surface area contributed by atoms with Crippen LogP contribution in [0.4, 0.5) is 4.39 Å². The summed E-state index contributed by atoms with van der Waals surface area (Å²) < 4.78 is 12.9. The van der Waals surface area contributed by atoms with Gasteiger partial charge >= 0.3 is 5.97 Å². The van der Waals surface area contributed by atoms with Gasteiger partial charge in [0, 0.05) is 25.0 Å². The largest absolute Gasteiger partial charge is 0.481 e. The summed E-state index contributed by atoms with van der Waals surface area (Å²) in [6.07, 6.45) is 0.492. The topological polar surface area (TPSA) is 57.6 Å². The summed E-state index contributed by atoms with van der Waals surface area (Å²) in [5.41, 5.74) is 0.554. The molecule has 0 aliphatic carbocycles. The van der Waals surface area contributed by atoms with Crippen LogP contribution in [0.25, 0.3) is 0 Å². The molecule has 0 spiro atoms. The molecule has 0 unspecified atom stereocenters. The molecular formula is C13H15ClFNO3. The summed E-state index contributed by atoms with van der Waals surface area (Å²) in [7, 11) is 1.60. The van der Waals surface area contributed by atoms with Crippen molar-refractivity contribution in [3.63, 3.8) is 0 Å². The van der Waals surface area contributed by atoms with Gasteiger partial charge in [-0.25, -0.2) is 4.39 Å². The first-order chi connectivity index (χ1) is 8.90. The Morgan fingerprint density at radius 1 is 1.42 bits per heavy atom. The van der Waals surface area contributed by atoms with Crippen molar-refractivity contribution in [3.8, 4) is 0 Å². The monoisotopic (exact) mass is 287 g/mol. The highest BCUT2D eigenvalue weighted by atomic mass is 35.5. The number of carboxylic acids is 1. The minimum atomic E-state index is -0.887. The predicted octanol–water partition coefficient (Wildman–Crippen LogP) is 2.34. The molecule has 0 bridgehead atoms. The molecule has 1 aromatic carbocycles. The van der Waals surface area contributed by atoms with Gasteiger partial charge < -0.3 is 10.0 Å². The molecule has 0 aromatic heterocycles. The van der Waals surface area contributed by atoms with Crippen LogP contribution in [0.5, 0.6) is 0 Å². The molecule has 1 N–H and O–H groups in total. The Morgan fingerprint density at radius 3 is 2.68 bits per heavy atom. The summed E-state index contributed by atoms with van der Waals surface area (Å²) in [6.45, 7) is 0.365. The second kappa shape index (κ2) is 7.09. The van der Waals surface area contributed by atoms with Crippen molar-refractivity contribution in [2.75, 3.05) is 13.6 Å². The molecule has 0 heterocycles. The van der Waals surface area contributed by atoms with E-state index >= 15 is 0 Å². The summed E-state index contributed by atoms with van der Waals surface area (Å²) in [4.78, 5) is 23.7. The first kappa shape index (κ1) is 15.4. The Balaban J connectivity index is 2.51. The molecular weight excluding hydrogens is 273 g/mol. The zero-order valence-electron chi connectivity index (χ0n) is 10.5. The SMILES string of the molecule is CN(CCCC(=O)O)C(=O)Cc1ccc(F)cc1Cl. The number of likely N-dealkylation sites (N-methyl/N-ethyl adjacent to an activating group) is 1. The molecule has 0 atom stereocenters. The van der Waals surface area contributed by atoms with E-state index in [-0.39, 0.29) is 23.8 Å². The Morgan fingerprint density at radius 2 is 2.11 bits per heavy atom. The first-order valence-corrected chi connectivity index (χ1v) is 6.17. The van der Waals surface area contributed by atoms with Crippen LogP contribution in [0, 0.1) is 5.82 Å². The first-order valence-electron chi connectivity index (χ1n) is 5.80. The van der Waals surface area contributed by atoms with Gasteiger partial charge in [0.2, 0.25) is 5.91 Å². The van der Waals surface area contributed by atoms with Crippen LogP contribution in [0.2, 0.25) is 5.02 Å². The lowest BCUT2D eigenvalue weighted by atomic mass is 10.1. The number of hydrogen-bond donors (Lipinski definition) is 1. The maximum atomic E-state index is 12.9. The maximum absolute atomic E-state index is 12.9. The van der Waals surface area contributed by atoms with Gasteiger partial charge in [-0.3, -0.25) is 9.59 Å². The molecule has 0 aliphatic rings. The third kappa shape index (κ3) is 5.26. The standard InChI is InChI=1S/C13H15ClFNO3/c1-16(6-2-3-13(18)19)12(17)7-9-4-5-10(15)8-11(9)14/h4-5,8H,2-3,6-7H2,1H3,(H,18,19). The number of halogens is 2. The average molecular weight is 288 g/mol. The van der Waals surface area contributed by atoms with Gasteiger partial charge in [0.15, 0.2) is 0 Å². The number of rotatable bonds is 6. The number of carboxylic acid groups (broad SMARTS) is 1. The number of amides is 1. The molecule has 6 heteroatoms. The van der Waals surface area contributed by atoms with Gasteiger partial charge in [-0.05, 0) is 24.1 Å². The summed E-state index contributed by atoms with van der Waals surface area (Å²) in [5.74, 6) is -1.52. The second-order valence-corrected chi connectivity index (χ2v) is 4.63. The van der Waals surface area contributed by atoms with Crippen LogP contribution in [-0.2, 0) is 16.0 Å². The van der Waals surface area contributed by atoms with Gasteiger partial charge in [0.05, 0.1) is 6.42 Å². The van der Waals surface area contributed by atoms with Gasteiger partial charge in [0.1, 0.15) is 5.82 Å². The van der Waals surface area contributed by atoms with Gasteiger partial charge in [-0.1, -0.05) is 17.7 Å². The fraction of sp³-hybridized carbons (Fsp3) is 0.385. The van der Waals surface area contributed by atoms with Crippen LogP contribution in [0.1, 0.15) is 18.4 Å². The summed E-state index contributed by atoms with van der Waals surface area (Å²) in [5, 5.41) is 8.72. The molecule has 0 aliphatic heterocycles. The molecule has 1 rings (SSSR count). The highest BCUT2D eigenvalue weighted by Gasteiger charge is 2.12. The Kier molecular flexibility index (Phi) is 5.76. The van der Waals surface area contributed by atoms with E-state index in [1.807, 2.05) is 0 Å². The van der Waals surface area contributed by atoms with E-state index in [2.05, 4.69) is 0 Å². The maximum Gasteiger partial charge on any atom is 0.303 e. The molecule has 1 amide bonds. The average Bonchev–Trinajstić information content (AvgIpc) is 2.32. The van der Waals surface area contributed by atoms with Crippen molar-refractivity contribution in [2.24, 2.45) is 0 Å². The number of nitrogens with zero attached hydrogens (tertiary/aromatic N) is 1. The van der Waals surface area contributed by atoms with Gasteiger partial charge in [-0.15, -0.1) is 0 Å². The van der Waals surface area contributed by atoms with E-state index in [9.17, 15) is 14.0 Å². The van der Waals surface area contributed by atoms with Crippen LogP contribution in [-0.4, -0.2) is 35.5 Å². The molecule has 1 aromatic rings. The lowest BCUT2D eigenvalue weighted by Gasteiger charge is -2.17. The normalized spacial score (nSPS) is 10.3. The number of carbonyl (C=O) groups is 2. The van der Waals surface area contributed by atoms with Crippen molar-refractivity contribution in [1.29, 1.82) is 0 Å². The molecule has 0 saturated carbocycles. The number of aliphatic carboxylic acids is 1. The van der Waals surface area contributed by atoms with E-state index < -0.39 is 11.8 Å². The fourth-order valence-corrected chi connectivity index (χ4v) is 1.79. The molecule has 0 fully saturated rings. The molecule has 104 valence electrons. The molecule has 4 nitrogen and oxygen atoms in total. The van der Waals surface area contributed by atoms with Crippen molar-refractivity contribution >= 4 is 23.5 Å². The number of benzene rings is 1. The fourth-order valence-electron chi connectivity index (χ4n) is 1.56. The predicted molar refractivity (Wildman–Crippen MR) is 69.6 cm³/mol. The van der Waals surface area contributed by atoms with Crippen LogP contribution in [0.3, 0.4) is 0 Å². The van der Waals surface area contributed by atoms with E-state index in [1.165, 1.54) is 17.0 Å². The number of carbonyl (C=O) groups excluding carboxylic acids is 1. The van der Waals surface area contributed by atoms with E-state index in [4.69, 9.17) is 16.7 Å². The van der Waals surface area contributed by atoms with Crippen molar-refractivity contribution in [2.45, 2.75) is 19.3 Å². The highest BCUT2D eigenvalue weighted by Crippen LogP contribution is 2.18. The highest BCUT2D eigenvalue weighted by molar-refractivity contribution is 6.31. The van der Waals surface area contributed by atoms with Gasteiger partial charge in [-0.2, -0.15) is 0 Å². The second-order valence-electron chi connectivity index (χ2n) is 4.23. The molecule has 0 radical (unpaired) electrons. The van der Waals surface area contributed by atoms with Crippen molar-refractivity contribution in [1.82, 2.24) is 4.90 Å². The third-order valence-corrected chi connectivity index (χ3v) is 3.02. The Hall–Kier alpha value is -1.62. The zero-order chi connectivity index (χ0) is 14.4. The minimum absolute atomic E-state index is 0.0227. The van der Waals surface area contributed by atoms with E-state index in [0.29, 0.717) is 18.5 Å². The quantitative estimate of drug-likeness (QED) is 0.874. The summed E-state index contributed by atoms with van der Waals surface area (Å²) in [6, 6.07) is 3.88. The van der Waals surface area contributed by atoms with Crippen LogP contribution < -0.4 is 0 Å². The third-order valence-electron chi connectivity index (χ3n) is 2.67. The van der Waals surface area contributed by atoms with E-state index in [1.54, 1.807) is 7.05 Å². The zero-order valence-corrected chi connectivity index (χ0v) is 11.3. The molecule has 19 heavy (non-hydrogen) atoms. The van der Waals surface area contributed by atoms with Crippen LogP contribution in [0.15, 0.2) is 18.2 Å². The number of hydrogen-bond acceptors (Lipinski definition) is 2. The lowest BCUT2D eigenvalue weighted by Crippen LogP contribution is -2.29. The van der Waals surface area contributed by atoms with Gasteiger partial charge in [0.25, 0.3) is 0 Å². The van der Waals surface area contributed by atoms with Crippen molar-refractivity contribution in [3.05, 3.63) is 34.6 Å². The van der Waals surface area contributed by atoms with Crippen LogP contribution >= 0.6 is 11.6 Å². The minimum Gasteiger partial charge on any atom is -0.481 e. The Bertz CT molecular complexity index is 479.